The van der Waals surface area contributed by atoms with E-state index >= 15 is 0 Å². The number of halogens is 4. The third-order valence-corrected chi connectivity index (χ3v) is 2.59. The Labute approximate surface area is 108 Å². The Morgan fingerprint density at radius 1 is 1.42 bits per heavy atom. The maximum absolute atomic E-state index is 12.3. The quantitative estimate of drug-likeness (QED) is 0.799. The highest BCUT2D eigenvalue weighted by molar-refractivity contribution is 6.34. The van der Waals surface area contributed by atoms with Gasteiger partial charge in [0.15, 0.2) is 5.69 Å². The fourth-order valence-electron chi connectivity index (χ4n) is 1.58. The predicted molar refractivity (Wildman–Crippen MR) is 60.1 cm³/mol. The second-order valence-corrected chi connectivity index (χ2v) is 4.15. The van der Waals surface area contributed by atoms with Gasteiger partial charge in [-0.05, 0) is 17.7 Å². The van der Waals surface area contributed by atoms with Gasteiger partial charge in [0, 0.05) is 11.4 Å². The van der Waals surface area contributed by atoms with Gasteiger partial charge in [-0.1, -0.05) is 11.6 Å². The second kappa shape index (κ2) is 4.61. The molecule has 0 aromatic carbocycles. The van der Waals surface area contributed by atoms with E-state index in [1.54, 1.807) is 0 Å². The third kappa shape index (κ3) is 2.90. The molecular formula is C10H5ClF3N3O2. The van der Waals surface area contributed by atoms with Crippen molar-refractivity contribution in [3.8, 4) is 0 Å². The fourth-order valence-corrected chi connectivity index (χ4v) is 1.86. The monoisotopic (exact) mass is 291 g/mol. The highest BCUT2D eigenvalue weighted by Crippen LogP contribution is 2.25. The Kier molecular flexibility index (Phi) is 3.27. The number of pyridine rings is 1. The summed E-state index contributed by atoms with van der Waals surface area (Å²) in [6, 6.07) is 2.32. The predicted octanol–water partition coefficient (Wildman–Crippen LogP) is 3.00. The van der Waals surface area contributed by atoms with Crippen molar-refractivity contribution in [2.24, 2.45) is 5.18 Å². The zero-order chi connectivity index (χ0) is 14.2. The van der Waals surface area contributed by atoms with Crippen molar-refractivity contribution < 1.29 is 18.0 Å². The molecule has 2 heterocycles. The molecule has 0 saturated carbocycles. The molecule has 2 aromatic rings. The molecular weight excluding hydrogens is 287 g/mol. The van der Waals surface area contributed by atoms with E-state index in [0.717, 1.165) is 16.8 Å². The van der Waals surface area contributed by atoms with Crippen molar-refractivity contribution in [1.82, 2.24) is 9.61 Å². The summed E-state index contributed by atoms with van der Waals surface area (Å²) in [5.41, 5.74) is -0.160. The van der Waals surface area contributed by atoms with E-state index in [1.165, 1.54) is 6.07 Å². The number of nitroso groups, excluding NO2 is 1. The molecule has 1 amide bonds. The van der Waals surface area contributed by atoms with E-state index in [2.05, 4.69) is 10.3 Å². The van der Waals surface area contributed by atoms with Gasteiger partial charge in [0.2, 0.25) is 0 Å². The largest absolute Gasteiger partial charge is 0.393 e. The van der Waals surface area contributed by atoms with Crippen LogP contribution in [0, 0.1) is 4.91 Å². The van der Waals surface area contributed by atoms with E-state index in [-0.39, 0.29) is 21.8 Å². The van der Waals surface area contributed by atoms with Gasteiger partial charge >= 0.3 is 12.1 Å². The fraction of sp³-hybridized carbons (Fsp3) is 0.200. The van der Waals surface area contributed by atoms with Gasteiger partial charge in [-0.15, -0.1) is 4.91 Å². The van der Waals surface area contributed by atoms with Crippen LogP contribution in [0.4, 0.5) is 13.2 Å². The maximum atomic E-state index is 12.3. The standard InChI is InChI=1S/C10H5ClF3N3O2/c11-6-1-5(3-10(12,13)14)4-17-8(6)2-7(15-17)9(18)16-19/h1-2,4H,3H2. The Morgan fingerprint density at radius 3 is 2.68 bits per heavy atom. The molecule has 0 unspecified atom stereocenters. The molecule has 0 N–H and O–H groups in total. The molecule has 0 fully saturated rings. The van der Waals surface area contributed by atoms with Gasteiger partial charge in [0.25, 0.3) is 0 Å². The highest BCUT2D eigenvalue weighted by atomic mass is 35.5. The summed E-state index contributed by atoms with van der Waals surface area (Å²) in [6.45, 7) is 0. The lowest BCUT2D eigenvalue weighted by molar-refractivity contribution is -0.127. The van der Waals surface area contributed by atoms with Gasteiger partial charge < -0.3 is 0 Å². The topological polar surface area (TPSA) is 63.8 Å². The summed E-state index contributed by atoms with van der Waals surface area (Å²) >= 11 is 5.80. The summed E-state index contributed by atoms with van der Waals surface area (Å²) in [5.74, 6) is -1.11. The van der Waals surface area contributed by atoms with E-state index in [4.69, 9.17) is 11.6 Å². The van der Waals surface area contributed by atoms with Crippen LogP contribution in [0.2, 0.25) is 5.02 Å². The molecule has 2 rings (SSSR count). The summed E-state index contributed by atoms with van der Waals surface area (Å²) in [5, 5.41) is 5.83. The average Bonchev–Trinajstić information content (AvgIpc) is 2.70. The van der Waals surface area contributed by atoms with E-state index < -0.39 is 18.5 Å². The zero-order valence-corrected chi connectivity index (χ0v) is 9.87. The van der Waals surface area contributed by atoms with Gasteiger partial charge in [0.05, 0.1) is 17.0 Å². The van der Waals surface area contributed by atoms with Gasteiger partial charge in [-0.25, -0.2) is 4.52 Å². The number of fused-ring (bicyclic) bond motifs is 1. The molecule has 19 heavy (non-hydrogen) atoms. The van der Waals surface area contributed by atoms with E-state index in [0.29, 0.717) is 0 Å². The SMILES string of the molecule is O=NC(=O)c1cc2c(Cl)cc(CC(F)(F)F)cn2n1. The lowest BCUT2D eigenvalue weighted by Crippen LogP contribution is -2.12. The summed E-state index contributed by atoms with van der Waals surface area (Å²) in [7, 11) is 0. The first kappa shape index (κ1) is 13.5. The first-order valence-electron chi connectivity index (χ1n) is 4.92. The lowest BCUT2D eigenvalue weighted by atomic mass is 10.2. The minimum absolute atomic E-state index is 0.000742. The van der Waals surface area contributed by atoms with E-state index in [9.17, 15) is 22.9 Å². The smallest absolute Gasteiger partial charge is 0.261 e. The molecule has 0 spiro atoms. The molecule has 0 aliphatic carbocycles. The van der Waals surface area contributed by atoms with Crippen molar-refractivity contribution in [1.29, 1.82) is 0 Å². The van der Waals surface area contributed by atoms with Gasteiger partial charge in [-0.3, -0.25) is 4.79 Å². The average molecular weight is 292 g/mol. The van der Waals surface area contributed by atoms with E-state index in [1.807, 2.05) is 0 Å². The molecule has 0 saturated heterocycles. The van der Waals surface area contributed by atoms with Crippen LogP contribution in [0.3, 0.4) is 0 Å². The van der Waals surface area contributed by atoms with Crippen molar-refractivity contribution in [3.63, 3.8) is 0 Å². The first-order chi connectivity index (χ1) is 8.80. The summed E-state index contributed by atoms with van der Waals surface area (Å²) < 4.78 is 37.8. The van der Waals surface area contributed by atoms with Crippen LogP contribution in [0.1, 0.15) is 16.1 Å². The molecule has 0 aliphatic rings. The number of alkyl halides is 3. The minimum Gasteiger partial charge on any atom is -0.261 e. The Hall–Kier alpha value is -1.96. The Bertz CT molecular complexity index is 666. The Morgan fingerprint density at radius 2 is 2.11 bits per heavy atom. The molecule has 100 valence electrons. The summed E-state index contributed by atoms with van der Waals surface area (Å²) in [6.07, 6.45) is -4.46. The minimum atomic E-state index is -4.38. The maximum Gasteiger partial charge on any atom is 0.393 e. The van der Waals surface area contributed by atoms with Crippen molar-refractivity contribution in [2.75, 3.05) is 0 Å². The number of nitrogens with zero attached hydrogens (tertiary/aromatic N) is 3. The van der Waals surface area contributed by atoms with Crippen molar-refractivity contribution >= 4 is 23.0 Å². The first-order valence-corrected chi connectivity index (χ1v) is 5.30. The van der Waals surface area contributed by atoms with Crippen LogP contribution in [-0.2, 0) is 6.42 Å². The second-order valence-electron chi connectivity index (χ2n) is 3.74. The van der Waals surface area contributed by atoms with Crippen molar-refractivity contribution in [3.05, 3.63) is 39.5 Å². The molecule has 5 nitrogen and oxygen atoms in total. The molecule has 2 aromatic heterocycles. The van der Waals surface area contributed by atoms with Gasteiger partial charge in [-0.2, -0.15) is 18.3 Å². The number of hydrogen-bond acceptors (Lipinski definition) is 3. The number of amides is 1. The van der Waals surface area contributed by atoms with Gasteiger partial charge in [0.1, 0.15) is 0 Å². The number of carbonyl (C=O) groups is 1. The molecule has 0 aliphatic heterocycles. The van der Waals surface area contributed by atoms with Crippen LogP contribution in [0.5, 0.6) is 0 Å². The Balaban J connectivity index is 2.51. The summed E-state index contributed by atoms with van der Waals surface area (Å²) in [4.78, 5) is 21.1. The molecule has 0 atom stereocenters. The molecule has 9 heteroatoms. The normalized spacial score (nSPS) is 11.8. The van der Waals surface area contributed by atoms with Crippen LogP contribution in [0.25, 0.3) is 5.52 Å². The number of rotatable bonds is 2. The number of aromatic nitrogens is 2. The van der Waals surface area contributed by atoms with Crippen LogP contribution < -0.4 is 0 Å². The lowest BCUT2D eigenvalue weighted by Gasteiger charge is -2.07. The molecule has 0 radical (unpaired) electrons. The third-order valence-electron chi connectivity index (χ3n) is 2.29. The highest BCUT2D eigenvalue weighted by Gasteiger charge is 2.28. The van der Waals surface area contributed by atoms with Crippen LogP contribution in [-0.4, -0.2) is 21.7 Å². The number of carbonyl (C=O) groups excluding carboxylic acids is 1. The van der Waals surface area contributed by atoms with Crippen LogP contribution >= 0.6 is 11.6 Å². The van der Waals surface area contributed by atoms with Crippen molar-refractivity contribution in [2.45, 2.75) is 12.6 Å². The zero-order valence-electron chi connectivity index (χ0n) is 9.11. The number of hydrogen-bond donors (Lipinski definition) is 0. The van der Waals surface area contributed by atoms with Crippen LogP contribution in [0.15, 0.2) is 23.5 Å². The molecule has 0 bridgehead atoms.